The maximum Gasteiger partial charge on any atom is 0.411 e. The number of ether oxygens (including phenoxy) is 3. The lowest BCUT2D eigenvalue weighted by Crippen LogP contribution is -2.45. The van der Waals surface area contributed by atoms with E-state index in [1.165, 1.54) is 11.2 Å². The molecule has 2 N–H and O–H groups in total. The van der Waals surface area contributed by atoms with Crippen molar-refractivity contribution in [2.24, 2.45) is 0 Å². The molecule has 1 aromatic heterocycles. The number of benzene rings is 1. The number of cyclic esters (lactones) is 1. The Kier molecular flexibility index (Phi) is 5.26. The number of hydrogen-bond acceptors (Lipinski definition) is 6. The number of hydrogen-bond donors (Lipinski definition) is 2. The molecule has 0 unspecified atom stereocenters. The molecule has 1 saturated heterocycles. The normalized spacial score (nSPS) is 16.3. The first kappa shape index (κ1) is 17.6. The van der Waals surface area contributed by atoms with Crippen LogP contribution in [0.3, 0.4) is 0 Å². The molecule has 9 nitrogen and oxygen atoms in total. The van der Waals surface area contributed by atoms with Gasteiger partial charge in [0.15, 0.2) is 0 Å². The highest BCUT2D eigenvalue weighted by molar-refractivity contribution is 5.87. The van der Waals surface area contributed by atoms with Crippen LogP contribution >= 0.6 is 0 Å². The Morgan fingerprint density at radius 3 is 2.69 bits per heavy atom. The van der Waals surface area contributed by atoms with Gasteiger partial charge in [0, 0.05) is 18.8 Å². The van der Waals surface area contributed by atoms with Crippen molar-refractivity contribution in [2.75, 3.05) is 20.8 Å². The van der Waals surface area contributed by atoms with Gasteiger partial charge >= 0.3 is 6.09 Å². The van der Waals surface area contributed by atoms with Crippen LogP contribution in [0.1, 0.15) is 11.3 Å². The minimum absolute atomic E-state index is 0.0141. The van der Waals surface area contributed by atoms with Crippen molar-refractivity contribution in [3.05, 3.63) is 42.0 Å². The Hall–Kier alpha value is -3.23. The highest BCUT2D eigenvalue weighted by Crippen LogP contribution is 2.22. The monoisotopic (exact) mass is 360 g/mol. The van der Waals surface area contributed by atoms with E-state index >= 15 is 0 Å². The van der Waals surface area contributed by atoms with Crippen molar-refractivity contribution in [3.8, 4) is 11.5 Å². The summed E-state index contributed by atoms with van der Waals surface area (Å²) < 4.78 is 15.5. The van der Waals surface area contributed by atoms with Crippen LogP contribution in [0, 0.1) is 0 Å². The first-order valence-corrected chi connectivity index (χ1v) is 8.01. The maximum atomic E-state index is 12.5. The summed E-state index contributed by atoms with van der Waals surface area (Å²) in [6.45, 7) is 0.513. The van der Waals surface area contributed by atoms with E-state index in [0.29, 0.717) is 11.5 Å². The third-order valence-electron chi connectivity index (χ3n) is 4.05. The Labute approximate surface area is 150 Å². The number of rotatable bonds is 7. The molecule has 1 aliphatic heterocycles. The summed E-state index contributed by atoms with van der Waals surface area (Å²) in [7, 11) is 3.12. The number of amides is 2. The number of nitrogens with zero attached hydrogens (tertiary/aromatic N) is 2. The van der Waals surface area contributed by atoms with Crippen LogP contribution in [0.4, 0.5) is 4.79 Å². The van der Waals surface area contributed by atoms with Crippen LogP contribution in [0.5, 0.6) is 11.5 Å². The summed E-state index contributed by atoms with van der Waals surface area (Å²) in [6, 6.07) is 4.67. The molecular formula is C17H20N4O5. The number of imidazole rings is 1. The molecule has 2 heterocycles. The fourth-order valence-corrected chi connectivity index (χ4v) is 2.67. The van der Waals surface area contributed by atoms with Crippen molar-refractivity contribution in [3.63, 3.8) is 0 Å². The molecule has 1 aliphatic rings. The highest BCUT2D eigenvalue weighted by Gasteiger charge is 2.38. The Balaban J connectivity index is 1.64. The van der Waals surface area contributed by atoms with Crippen LogP contribution in [-0.4, -0.2) is 53.7 Å². The summed E-state index contributed by atoms with van der Waals surface area (Å²) in [6.07, 6.45) is 2.59. The van der Waals surface area contributed by atoms with E-state index in [0.717, 1.165) is 11.3 Å². The lowest BCUT2D eigenvalue weighted by atomic mass is 10.2. The fourth-order valence-electron chi connectivity index (χ4n) is 2.67. The number of methoxy groups -OCH3 is 2. The Morgan fingerprint density at radius 1 is 1.35 bits per heavy atom. The maximum absolute atomic E-state index is 12.5. The molecular weight excluding hydrogens is 340 g/mol. The van der Waals surface area contributed by atoms with Crippen LogP contribution in [0.25, 0.3) is 0 Å². The van der Waals surface area contributed by atoms with Crippen LogP contribution < -0.4 is 14.8 Å². The number of aromatic amines is 1. The van der Waals surface area contributed by atoms with Gasteiger partial charge in [-0.1, -0.05) is 0 Å². The minimum Gasteiger partial charge on any atom is -0.497 e. The summed E-state index contributed by atoms with van der Waals surface area (Å²) in [5, 5.41) is 2.82. The number of aromatic nitrogens is 2. The molecule has 138 valence electrons. The van der Waals surface area contributed by atoms with Crippen LogP contribution in [-0.2, 0) is 22.6 Å². The second-order valence-electron chi connectivity index (χ2n) is 5.74. The second kappa shape index (κ2) is 7.77. The second-order valence-corrected chi connectivity index (χ2v) is 5.74. The molecule has 1 atom stereocenters. The average Bonchev–Trinajstić information content (AvgIpc) is 3.30. The molecule has 26 heavy (non-hydrogen) atoms. The van der Waals surface area contributed by atoms with Crippen molar-refractivity contribution in [2.45, 2.75) is 19.1 Å². The molecule has 0 saturated carbocycles. The van der Waals surface area contributed by atoms with Crippen molar-refractivity contribution < 1.29 is 23.8 Å². The van der Waals surface area contributed by atoms with Crippen molar-refractivity contribution in [1.29, 1.82) is 0 Å². The highest BCUT2D eigenvalue weighted by atomic mass is 16.6. The molecule has 9 heteroatoms. The lowest BCUT2D eigenvalue weighted by molar-refractivity contribution is -0.125. The third kappa shape index (κ3) is 3.88. The van der Waals surface area contributed by atoms with Gasteiger partial charge < -0.3 is 24.5 Å². The van der Waals surface area contributed by atoms with E-state index in [1.54, 1.807) is 26.5 Å². The SMILES string of the molecule is COc1cc(CNC(=O)[C@@H]2COC(=O)N2Cc2cnc[nH]2)cc(OC)c1. The van der Waals surface area contributed by atoms with Gasteiger partial charge in [0.1, 0.15) is 24.1 Å². The van der Waals surface area contributed by atoms with Gasteiger partial charge in [-0.15, -0.1) is 0 Å². The zero-order valence-corrected chi connectivity index (χ0v) is 14.5. The van der Waals surface area contributed by atoms with Gasteiger partial charge in [-0.3, -0.25) is 9.69 Å². The van der Waals surface area contributed by atoms with Gasteiger partial charge in [0.2, 0.25) is 5.91 Å². The molecule has 3 rings (SSSR count). The Morgan fingerprint density at radius 2 is 2.08 bits per heavy atom. The summed E-state index contributed by atoms with van der Waals surface area (Å²) in [4.78, 5) is 32.6. The van der Waals surface area contributed by atoms with Gasteiger partial charge in [0.25, 0.3) is 0 Å². The quantitative estimate of drug-likeness (QED) is 0.765. The lowest BCUT2D eigenvalue weighted by Gasteiger charge is -2.20. The van der Waals surface area contributed by atoms with Gasteiger partial charge in [-0.25, -0.2) is 9.78 Å². The van der Waals surface area contributed by atoms with Crippen LogP contribution in [0.15, 0.2) is 30.7 Å². The standard InChI is InChI=1S/C17H20N4O5/c1-24-13-3-11(4-14(5-13)25-2)6-19-16(22)15-9-26-17(23)21(15)8-12-7-18-10-20-12/h3-5,7,10,15H,6,8-9H2,1-2H3,(H,18,20)(H,19,22)/t15-/m0/s1. The van der Waals surface area contributed by atoms with E-state index in [4.69, 9.17) is 14.2 Å². The third-order valence-corrected chi connectivity index (χ3v) is 4.05. The van der Waals surface area contributed by atoms with E-state index in [-0.39, 0.29) is 25.6 Å². The molecule has 2 amide bonds. The van der Waals surface area contributed by atoms with Crippen molar-refractivity contribution in [1.82, 2.24) is 20.2 Å². The molecule has 0 bridgehead atoms. The predicted molar refractivity (Wildman–Crippen MR) is 90.7 cm³/mol. The minimum atomic E-state index is -0.696. The van der Waals surface area contributed by atoms with Gasteiger partial charge in [0.05, 0.1) is 32.8 Å². The summed E-state index contributed by atoms with van der Waals surface area (Å²) in [5.41, 5.74) is 1.54. The van der Waals surface area contributed by atoms with Gasteiger partial charge in [-0.2, -0.15) is 0 Å². The summed E-state index contributed by atoms with van der Waals surface area (Å²) >= 11 is 0. The number of carbonyl (C=O) groups excluding carboxylic acids is 2. The topological polar surface area (TPSA) is 106 Å². The zero-order chi connectivity index (χ0) is 18.5. The smallest absolute Gasteiger partial charge is 0.411 e. The van der Waals surface area contributed by atoms with E-state index < -0.39 is 12.1 Å². The summed E-state index contributed by atoms with van der Waals surface area (Å²) in [5.74, 6) is 0.972. The van der Waals surface area contributed by atoms with E-state index in [1.807, 2.05) is 12.1 Å². The van der Waals surface area contributed by atoms with Crippen LogP contribution in [0.2, 0.25) is 0 Å². The molecule has 2 aromatic rings. The van der Waals surface area contributed by atoms with E-state index in [2.05, 4.69) is 15.3 Å². The Bertz CT molecular complexity index is 755. The number of carbonyl (C=O) groups is 2. The van der Waals surface area contributed by atoms with Crippen molar-refractivity contribution >= 4 is 12.0 Å². The predicted octanol–water partition coefficient (Wildman–Crippen LogP) is 1.06. The average molecular weight is 360 g/mol. The molecule has 0 aliphatic carbocycles. The molecule has 1 aromatic carbocycles. The largest absolute Gasteiger partial charge is 0.497 e. The first-order chi connectivity index (χ1) is 12.6. The van der Waals surface area contributed by atoms with E-state index in [9.17, 15) is 9.59 Å². The molecule has 0 spiro atoms. The zero-order valence-electron chi connectivity index (χ0n) is 14.5. The molecule has 0 radical (unpaired) electrons. The number of nitrogens with one attached hydrogen (secondary N) is 2. The molecule has 1 fully saturated rings. The number of H-pyrrole nitrogens is 1. The fraction of sp³-hybridized carbons (Fsp3) is 0.353. The first-order valence-electron chi connectivity index (χ1n) is 8.01. The van der Waals surface area contributed by atoms with Gasteiger partial charge in [-0.05, 0) is 17.7 Å².